The Bertz CT molecular complexity index is 1380. The number of aryl methyl sites for hydroxylation is 2. The van der Waals surface area contributed by atoms with Gasteiger partial charge in [-0.2, -0.15) is 0 Å². The first-order valence-electron chi connectivity index (χ1n) is 11.0. The van der Waals surface area contributed by atoms with Gasteiger partial charge >= 0.3 is 5.97 Å². The van der Waals surface area contributed by atoms with Crippen molar-refractivity contribution in [1.82, 2.24) is 14.9 Å². The number of nitrogens with zero attached hydrogens (tertiary/aromatic N) is 3. The van der Waals surface area contributed by atoms with Gasteiger partial charge < -0.3 is 19.9 Å². The van der Waals surface area contributed by atoms with Gasteiger partial charge in [-0.3, -0.25) is 4.98 Å². The first-order valence-corrected chi connectivity index (χ1v) is 11.4. The summed E-state index contributed by atoms with van der Waals surface area (Å²) in [4.78, 5) is 18.3. The molecule has 6 nitrogen and oxygen atoms in total. The minimum atomic E-state index is -0.956. The van der Waals surface area contributed by atoms with Gasteiger partial charge in [0.1, 0.15) is 6.04 Å². The van der Waals surface area contributed by atoms with Crippen LogP contribution < -0.4 is 10.2 Å². The summed E-state index contributed by atoms with van der Waals surface area (Å²) in [6.45, 7) is 4.19. The summed E-state index contributed by atoms with van der Waals surface area (Å²) in [5.74, 6) is -0.956. The van der Waals surface area contributed by atoms with Gasteiger partial charge in [0.05, 0.1) is 17.3 Å². The van der Waals surface area contributed by atoms with Crippen molar-refractivity contribution in [3.8, 4) is 5.69 Å². The fourth-order valence-corrected chi connectivity index (χ4v) is 4.81. The minimum Gasteiger partial charge on any atom is -0.478 e. The number of benzene rings is 2. The van der Waals surface area contributed by atoms with Gasteiger partial charge in [0, 0.05) is 29.5 Å². The summed E-state index contributed by atoms with van der Waals surface area (Å²) in [7, 11) is 0. The quantitative estimate of drug-likeness (QED) is 0.384. The number of carboxylic acid groups (broad SMARTS) is 1. The highest BCUT2D eigenvalue weighted by atomic mass is 32.1. The van der Waals surface area contributed by atoms with Gasteiger partial charge in [0.2, 0.25) is 0 Å². The number of nitrogens with one attached hydrogen (secondary N) is 1. The molecule has 0 radical (unpaired) electrons. The largest absolute Gasteiger partial charge is 0.478 e. The second-order valence-electron chi connectivity index (χ2n) is 8.42. The molecule has 0 saturated carbocycles. The molecular weight excluding hydrogens is 444 g/mol. The first-order chi connectivity index (χ1) is 16.4. The van der Waals surface area contributed by atoms with Crippen LogP contribution in [-0.2, 0) is 0 Å². The normalized spacial score (nSPS) is 17.6. The molecule has 34 heavy (non-hydrogen) atoms. The van der Waals surface area contributed by atoms with Crippen LogP contribution in [0.2, 0.25) is 0 Å². The van der Waals surface area contributed by atoms with E-state index in [-0.39, 0.29) is 17.6 Å². The standard InChI is InChI=1S/C27H24N4O2S/c1-17-11-12-21(15-18(17)2)31-25(24(29-27(31)34)22-9-3-4-13-28-22)23-10-6-14-30(23)20-8-5-7-19(16-20)26(32)33/h3-16,24-25H,1-2H3,(H,29,34)(H,32,33)/t24-,25+/m1/s1. The van der Waals surface area contributed by atoms with E-state index in [1.54, 1.807) is 24.4 Å². The highest BCUT2D eigenvalue weighted by molar-refractivity contribution is 7.80. The minimum absolute atomic E-state index is 0.188. The molecule has 3 heterocycles. The Balaban J connectivity index is 1.67. The van der Waals surface area contributed by atoms with Crippen molar-refractivity contribution >= 4 is 29.0 Å². The summed E-state index contributed by atoms with van der Waals surface area (Å²) in [6.07, 6.45) is 3.73. The van der Waals surface area contributed by atoms with Crippen LogP contribution in [0, 0.1) is 13.8 Å². The average molecular weight is 469 g/mol. The molecule has 0 amide bonds. The van der Waals surface area contributed by atoms with E-state index in [9.17, 15) is 9.90 Å². The molecule has 4 aromatic rings. The van der Waals surface area contributed by atoms with E-state index in [1.165, 1.54) is 11.1 Å². The van der Waals surface area contributed by atoms with Crippen molar-refractivity contribution in [3.05, 3.63) is 113 Å². The van der Waals surface area contributed by atoms with Gasteiger partial charge in [-0.25, -0.2) is 4.79 Å². The van der Waals surface area contributed by atoms with E-state index in [4.69, 9.17) is 12.2 Å². The second kappa shape index (κ2) is 8.76. The van der Waals surface area contributed by atoms with Gasteiger partial charge in [-0.05, 0) is 91.8 Å². The van der Waals surface area contributed by atoms with E-state index in [2.05, 4.69) is 53.3 Å². The third kappa shape index (κ3) is 3.84. The maximum atomic E-state index is 11.6. The Hall–Kier alpha value is -3.97. The number of pyridine rings is 1. The van der Waals surface area contributed by atoms with E-state index in [0.29, 0.717) is 5.11 Å². The Morgan fingerprint density at radius 1 is 0.971 bits per heavy atom. The van der Waals surface area contributed by atoms with Crippen LogP contribution in [-0.4, -0.2) is 25.7 Å². The third-order valence-electron chi connectivity index (χ3n) is 6.32. The number of hydrogen-bond acceptors (Lipinski definition) is 3. The molecule has 2 atom stereocenters. The van der Waals surface area contributed by atoms with E-state index in [0.717, 1.165) is 22.8 Å². The molecule has 1 saturated heterocycles. The molecule has 2 N–H and O–H groups in total. The van der Waals surface area contributed by atoms with Gasteiger partial charge in [0.25, 0.3) is 0 Å². The van der Waals surface area contributed by atoms with Gasteiger partial charge in [-0.1, -0.05) is 18.2 Å². The van der Waals surface area contributed by atoms with Crippen LogP contribution in [0.5, 0.6) is 0 Å². The molecule has 7 heteroatoms. The lowest BCUT2D eigenvalue weighted by molar-refractivity contribution is 0.0697. The molecule has 170 valence electrons. The van der Waals surface area contributed by atoms with Crippen LogP contribution in [0.15, 0.2) is 85.2 Å². The smallest absolute Gasteiger partial charge is 0.335 e. The summed E-state index contributed by atoms with van der Waals surface area (Å²) in [5.41, 5.74) is 6.27. The number of carbonyl (C=O) groups is 1. The van der Waals surface area contributed by atoms with Crippen LogP contribution >= 0.6 is 12.2 Å². The molecule has 1 aliphatic heterocycles. The highest BCUT2D eigenvalue weighted by Gasteiger charge is 2.42. The molecule has 0 aliphatic carbocycles. The Labute approximate surface area is 203 Å². The third-order valence-corrected chi connectivity index (χ3v) is 6.64. The lowest BCUT2D eigenvalue weighted by atomic mass is 10.00. The second-order valence-corrected chi connectivity index (χ2v) is 8.81. The van der Waals surface area contributed by atoms with Crippen molar-refractivity contribution in [2.45, 2.75) is 25.9 Å². The van der Waals surface area contributed by atoms with Crippen LogP contribution in [0.1, 0.15) is 45.0 Å². The molecule has 0 spiro atoms. The zero-order valence-corrected chi connectivity index (χ0v) is 19.7. The number of thiocarbonyl (C=S) groups is 1. The summed E-state index contributed by atoms with van der Waals surface area (Å²) in [6, 6.07) is 22.8. The molecule has 5 rings (SSSR count). The SMILES string of the molecule is Cc1ccc(N2C(=S)N[C@H](c3ccccn3)[C@@H]2c2cccn2-c2cccc(C(=O)O)c2)cc1C. The average Bonchev–Trinajstić information content (AvgIpc) is 3.46. The summed E-state index contributed by atoms with van der Waals surface area (Å²) < 4.78 is 2.02. The fraction of sp³-hybridized carbons (Fsp3) is 0.148. The maximum absolute atomic E-state index is 11.6. The molecule has 1 aliphatic rings. The van der Waals surface area contributed by atoms with Crippen molar-refractivity contribution in [2.24, 2.45) is 0 Å². The number of anilines is 1. The lowest BCUT2D eigenvalue weighted by Crippen LogP contribution is -2.30. The molecule has 0 bridgehead atoms. The molecular formula is C27H24N4O2S. The zero-order valence-electron chi connectivity index (χ0n) is 18.8. The Morgan fingerprint density at radius 2 is 1.82 bits per heavy atom. The molecule has 0 unspecified atom stereocenters. The number of aromatic nitrogens is 2. The Kier molecular flexibility index (Phi) is 5.63. The zero-order chi connectivity index (χ0) is 23.8. The molecule has 2 aromatic carbocycles. The summed E-state index contributed by atoms with van der Waals surface area (Å²) in [5, 5.41) is 13.6. The monoisotopic (exact) mass is 468 g/mol. The first kappa shape index (κ1) is 21.9. The highest BCUT2D eigenvalue weighted by Crippen LogP contribution is 2.42. The topological polar surface area (TPSA) is 70.4 Å². The van der Waals surface area contributed by atoms with Crippen LogP contribution in [0.25, 0.3) is 5.69 Å². The van der Waals surface area contributed by atoms with Crippen molar-refractivity contribution in [3.63, 3.8) is 0 Å². The fourth-order valence-electron chi connectivity index (χ4n) is 4.47. The predicted octanol–water partition coefficient (Wildman–Crippen LogP) is 5.36. The van der Waals surface area contributed by atoms with E-state index >= 15 is 0 Å². The van der Waals surface area contributed by atoms with Crippen LogP contribution in [0.3, 0.4) is 0 Å². The molecule has 1 fully saturated rings. The molecule has 2 aromatic heterocycles. The predicted molar refractivity (Wildman–Crippen MR) is 137 cm³/mol. The number of carboxylic acids is 1. The van der Waals surface area contributed by atoms with Crippen molar-refractivity contribution in [2.75, 3.05) is 4.90 Å². The van der Waals surface area contributed by atoms with E-state index in [1.807, 2.05) is 41.1 Å². The van der Waals surface area contributed by atoms with Gasteiger partial charge in [-0.15, -0.1) is 0 Å². The number of rotatable bonds is 5. The van der Waals surface area contributed by atoms with Crippen LogP contribution in [0.4, 0.5) is 5.69 Å². The lowest BCUT2D eigenvalue weighted by Gasteiger charge is -2.29. The summed E-state index contributed by atoms with van der Waals surface area (Å²) >= 11 is 5.84. The number of hydrogen-bond donors (Lipinski definition) is 2. The Morgan fingerprint density at radius 3 is 2.56 bits per heavy atom. The van der Waals surface area contributed by atoms with Gasteiger partial charge in [0.15, 0.2) is 5.11 Å². The maximum Gasteiger partial charge on any atom is 0.335 e. The number of aromatic carboxylic acids is 1. The van der Waals surface area contributed by atoms with Crippen molar-refractivity contribution < 1.29 is 9.90 Å². The van der Waals surface area contributed by atoms with E-state index < -0.39 is 5.97 Å². The van der Waals surface area contributed by atoms with Crippen molar-refractivity contribution in [1.29, 1.82) is 0 Å².